The van der Waals surface area contributed by atoms with Gasteiger partial charge in [0.05, 0.1) is 35.2 Å². The first-order chi connectivity index (χ1) is 12.1. The minimum atomic E-state index is -0.907. The zero-order valence-electron chi connectivity index (χ0n) is 13.3. The molecule has 126 valence electrons. The number of nitrogens with zero attached hydrogens (tertiary/aromatic N) is 1. The average molecular weight is 335 g/mol. The number of carboxylic acids is 1. The third-order valence-electron chi connectivity index (χ3n) is 4.64. The summed E-state index contributed by atoms with van der Waals surface area (Å²) < 4.78 is 0. The number of aliphatic carboxylic acids is 1. The van der Waals surface area contributed by atoms with Crippen LogP contribution in [0.1, 0.15) is 23.6 Å². The van der Waals surface area contributed by atoms with E-state index in [0.29, 0.717) is 6.42 Å². The number of fused-ring (bicyclic) bond motifs is 1. The van der Waals surface area contributed by atoms with E-state index in [2.05, 4.69) is 15.3 Å². The van der Waals surface area contributed by atoms with E-state index in [9.17, 15) is 9.59 Å². The molecule has 2 aromatic carbocycles. The van der Waals surface area contributed by atoms with Gasteiger partial charge in [0, 0.05) is 0 Å². The molecule has 0 aliphatic heterocycles. The largest absolute Gasteiger partial charge is 0.481 e. The Bertz CT molecular complexity index is 935. The van der Waals surface area contributed by atoms with Crippen LogP contribution in [-0.2, 0) is 9.59 Å². The maximum Gasteiger partial charge on any atom is 0.307 e. The highest BCUT2D eigenvalue weighted by atomic mass is 16.4. The van der Waals surface area contributed by atoms with Crippen molar-refractivity contribution in [3.63, 3.8) is 0 Å². The summed E-state index contributed by atoms with van der Waals surface area (Å²) in [7, 11) is 0. The Labute approximate surface area is 143 Å². The van der Waals surface area contributed by atoms with Crippen molar-refractivity contribution in [1.29, 1.82) is 0 Å². The fourth-order valence-electron chi connectivity index (χ4n) is 3.14. The molecule has 3 N–H and O–H groups in total. The number of H-pyrrole nitrogens is 1. The van der Waals surface area contributed by atoms with E-state index in [1.54, 1.807) is 6.33 Å². The minimum absolute atomic E-state index is 0.217. The summed E-state index contributed by atoms with van der Waals surface area (Å²) in [5, 5.41) is 12.1. The second kappa shape index (κ2) is 6.05. The number of aromatic nitrogens is 2. The fraction of sp³-hybridized carbons (Fsp3) is 0.211. The molecule has 0 saturated heterocycles. The van der Waals surface area contributed by atoms with Gasteiger partial charge in [0.2, 0.25) is 5.91 Å². The summed E-state index contributed by atoms with van der Waals surface area (Å²) >= 11 is 0. The third kappa shape index (κ3) is 2.98. The Morgan fingerprint density at radius 2 is 1.92 bits per heavy atom. The maximum absolute atomic E-state index is 12.5. The molecule has 3 atom stereocenters. The molecule has 1 saturated carbocycles. The van der Waals surface area contributed by atoms with Crippen LogP contribution in [0.5, 0.6) is 0 Å². The number of hydrogen-bond acceptors (Lipinski definition) is 3. The fourth-order valence-corrected chi connectivity index (χ4v) is 3.14. The molecule has 1 aromatic heterocycles. The number of aromatic amines is 1. The number of carbonyl (C=O) groups excluding carboxylic acids is 1. The highest BCUT2D eigenvalue weighted by molar-refractivity contribution is 5.90. The lowest BCUT2D eigenvalue weighted by atomic mass is 9.98. The zero-order valence-corrected chi connectivity index (χ0v) is 13.3. The highest BCUT2D eigenvalue weighted by Gasteiger charge is 2.48. The van der Waals surface area contributed by atoms with Crippen molar-refractivity contribution in [2.75, 3.05) is 0 Å². The van der Waals surface area contributed by atoms with Gasteiger partial charge in [-0.05, 0) is 29.7 Å². The molecule has 6 nitrogen and oxygen atoms in total. The van der Waals surface area contributed by atoms with Crippen LogP contribution in [0.2, 0.25) is 0 Å². The number of rotatable bonds is 5. The Balaban J connectivity index is 1.65. The van der Waals surface area contributed by atoms with E-state index in [1.165, 1.54) is 0 Å². The Hall–Kier alpha value is -3.15. The van der Waals surface area contributed by atoms with Crippen LogP contribution in [0.25, 0.3) is 11.0 Å². The van der Waals surface area contributed by atoms with Crippen LogP contribution in [-0.4, -0.2) is 27.0 Å². The van der Waals surface area contributed by atoms with E-state index >= 15 is 0 Å². The molecule has 1 fully saturated rings. The summed E-state index contributed by atoms with van der Waals surface area (Å²) in [6.45, 7) is 0. The van der Waals surface area contributed by atoms with Crippen LogP contribution in [0.15, 0.2) is 54.9 Å². The minimum Gasteiger partial charge on any atom is -0.481 e. The van der Waals surface area contributed by atoms with Gasteiger partial charge in [0.25, 0.3) is 0 Å². The van der Waals surface area contributed by atoms with Gasteiger partial charge in [-0.25, -0.2) is 4.98 Å². The zero-order chi connectivity index (χ0) is 17.4. The van der Waals surface area contributed by atoms with Crippen molar-refractivity contribution in [3.05, 3.63) is 66.0 Å². The monoisotopic (exact) mass is 335 g/mol. The van der Waals surface area contributed by atoms with Gasteiger partial charge < -0.3 is 15.4 Å². The molecular weight excluding hydrogens is 318 g/mol. The van der Waals surface area contributed by atoms with Gasteiger partial charge in [-0.3, -0.25) is 9.59 Å². The summed E-state index contributed by atoms with van der Waals surface area (Å²) in [6.07, 6.45) is 2.04. The Morgan fingerprint density at radius 3 is 2.64 bits per heavy atom. The number of amides is 1. The van der Waals surface area contributed by atoms with Crippen molar-refractivity contribution in [1.82, 2.24) is 15.3 Å². The van der Waals surface area contributed by atoms with E-state index in [1.807, 2.05) is 48.5 Å². The van der Waals surface area contributed by atoms with Gasteiger partial charge in [0.15, 0.2) is 0 Å². The van der Waals surface area contributed by atoms with Gasteiger partial charge >= 0.3 is 5.97 Å². The molecule has 1 aliphatic rings. The van der Waals surface area contributed by atoms with Crippen LogP contribution in [0, 0.1) is 11.8 Å². The average Bonchev–Trinajstić information content (AvgIpc) is 3.31. The standard InChI is InChI=1S/C19H17N3O3/c23-18(13-9-14(13)19(24)25)22-17(11-4-2-1-3-5-11)12-6-7-15-16(8-12)21-10-20-15/h1-8,10,13-14,17H,9H2,(H,20,21)(H,22,23)(H,24,25)/t13-,14-,17-/m1/s1. The second-order valence-electron chi connectivity index (χ2n) is 6.32. The van der Waals surface area contributed by atoms with Crippen LogP contribution < -0.4 is 5.32 Å². The molecule has 0 unspecified atom stereocenters. The third-order valence-corrected chi connectivity index (χ3v) is 4.64. The van der Waals surface area contributed by atoms with E-state index < -0.39 is 17.8 Å². The lowest BCUT2D eigenvalue weighted by Crippen LogP contribution is -2.31. The summed E-state index contributed by atoms with van der Waals surface area (Å²) in [6, 6.07) is 15.1. The van der Waals surface area contributed by atoms with E-state index in [0.717, 1.165) is 22.2 Å². The van der Waals surface area contributed by atoms with Crippen molar-refractivity contribution in [2.24, 2.45) is 11.8 Å². The molecule has 4 rings (SSSR count). The Morgan fingerprint density at radius 1 is 1.12 bits per heavy atom. The number of hydrogen-bond donors (Lipinski definition) is 3. The number of benzene rings is 2. The van der Waals surface area contributed by atoms with Crippen LogP contribution in [0.4, 0.5) is 0 Å². The molecule has 6 heteroatoms. The lowest BCUT2D eigenvalue weighted by molar-refractivity contribution is -0.140. The molecule has 1 amide bonds. The van der Waals surface area contributed by atoms with Gasteiger partial charge in [-0.2, -0.15) is 0 Å². The van der Waals surface area contributed by atoms with E-state index in [-0.39, 0.29) is 11.9 Å². The number of nitrogens with one attached hydrogen (secondary N) is 2. The molecule has 0 spiro atoms. The Kier molecular flexibility index (Phi) is 3.72. The van der Waals surface area contributed by atoms with Crippen molar-refractivity contribution in [2.45, 2.75) is 12.5 Å². The predicted octanol–water partition coefficient (Wildman–Crippen LogP) is 2.49. The summed E-state index contributed by atoms with van der Waals surface area (Å²) in [5.74, 6) is -2.13. The van der Waals surface area contributed by atoms with Gasteiger partial charge in [-0.15, -0.1) is 0 Å². The maximum atomic E-state index is 12.5. The van der Waals surface area contributed by atoms with Crippen LogP contribution in [0.3, 0.4) is 0 Å². The first-order valence-electron chi connectivity index (χ1n) is 8.14. The molecule has 1 heterocycles. The van der Waals surface area contributed by atoms with Crippen LogP contribution >= 0.6 is 0 Å². The molecule has 1 aliphatic carbocycles. The van der Waals surface area contributed by atoms with Crippen molar-refractivity contribution < 1.29 is 14.7 Å². The summed E-state index contributed by atoms with van der Waals surface area (Å²) in [4.78, 5) is 30.8. The normalized spacial score (nSPS) is 20.2. The van der Waals surface area contributed by atoms with Crippen molar-refractivity contribution in [3.8, 4) is 0 Å². The molecule has 3 aromatic rings. The van der Waals surface area contributed by atoms with E-state index in [4.69, 9.17) is 5.11 Å². The number of carboxylic acid groups (broad SMARTS) is 1. The molecular formula is C19H17N3O3. The second-order valence-corrected chi connectivity index (χ2v) is 6.32. The SMILES string of the molecule is O=C(O)[C@@H]1C[C@H]1C(=O)N[C@H](c1ccccc1)c1ccc2nc[nH]c2c1. The molecule has 0 bridgehead atoms. The molecule has 0 radical (unpaired) electrons. The topological polar surface area (TPSA) is 95.1 Å². The summed E-state index contributed by atoms with van der Waals surface area (Å²) in [5.41, 5.74) is 3.61. The smallest absolute Gasteiger partial charge is 0.307 e. The first-order valence-corrected chi connectivity index (χ1v) is 8.14. The lowest BCUT2D eigenvalue weighted by Gasteiger charge is -2.20. The number of carbonyl (C=O) groups is 2. The highest BCUT2D eigenvalue weighted by Crippen LogP contribution is 2.39. The predicted molar refractivity (Wildman–Crippen MR) is 91.8 cm³/mol. The quantitative estimate of drug-likeness (QED) is 0.667. The number of imidazole rings is 1. The van der Waals surface area contributed by atoms with Crippen molar-refractivity contribution >= 4 is 22.9 Å². The molecule has 25 heavy (non-hydrogen) atoms. The van der Waals surface area contributed by atoms with Gasteiger partial charge in [-0.1, -0.05) is 36.4 Å². The first kappa shape index (κ1) is 15.4. The van der Waals surface area contributed by atoms with Gasteiger partial charge in [0.1, 0.15) is 0 Å².